The maximum absolute atomic E-state index is 12.9. The van der Waals surface area contributed by atoms with Crippen molar-refractivity contribution in [2.45, 2.75) is 42.9 Å². The number of aliphatic hydroxyl groups is 4. The number of ether oxygens (including phenoxy) is 6. The first-order valence-corrected chi connectivity index (χ1v) is 10.5. The molecule has 14 heteroatoms. The minimum Gasteiger partial charge on any atom is -0.504 e. The van der Waals surface area contributed by atoms with E-state index in [-0.39, 0.29) is 39.6 Å². The number of hydrogen-bond donors (Lipinski definition) is 5. The van der Waals surface area contributed by atoms with Crippen LogP contribution in [0.3, 0.4) is 0 Å². The van der Waals surface area contributed by atoms with Crippen LogP contribution >= 0.6 is 0 Å². The summed E-state index contributed by atoms with van der Waals surface area (Å²) in [6.07, 6.45) is -9.85. The van der Waals surface area contributed by atoms with Crippen LogP contribution in [-0.4, -0.2) is 101 Å². The molecule has 1 saturated heterocycles. The van der Waals surface area contributed by atoms with Crippen LogP contribution in [0.5, 0.6) is 0 Å². The van der Waals surface area contributed by atoms with Crippen molar-refractivity contribution >= 4 is 17.9 Å². The van der Waals surface area contributed by atoms with E-state index in [1.54, 1.807) is 0 Å². The zero-order valence-corrected chi connectivity index (χ0v) is 18.6. The first-order valence-electron chi connectivity index (χ1n) is 10.5. The lowest BCUT2D eigenvalue weighted by Gasteiger charge is -2.42. The normalized spacial score (nSPS) is 35.3. The molecule has 0 aromatic rings. The van der Waals surface area contributed by atoms with E-state index in [4.69, 9.17) is 28.4 Å². The SMILES string of the molecule is COC1=C(O)C=C2C(=O)OC3C(OC)=C(OC4OC(C(=O)O)C(O)C(O)C4O)C=C4C(=O)OC1C2=C43. The van der Waals surface area contributed by atoms with Gasteiger partial charge in [-0.3, -0.25) is 0 Å². The number of esters is 2. The van der Waals surface area contributed by atoms with Crippen LogP contribution < -0.4 is 0 Å². The van der Waals surface area contributed by atoms with Gasteiger partial charge in [0.15, 0.2) is 41.3 Å². The van der Waals surface area contributed by atoms with Crippen LogP contribution in [0.4, 0.5) is 0 Å². The first-order chi connectivity index (χ1) is 17.1. The number of allylic oxidation sites excluding steroid dienone is 2. The monoisotopic (exact) mass is 508 g/mol. The van der Waals surface area contributed by atoms with Gasteiger partial charge in [0.2, 0.25) is 6.29 Å². The maximum atomic E-state index is 12.9. The molecule has 5 rings (SSSR count). The Bertz CT molecular complexity index is 1220. The van der Waals surface area contributed by atoms with Gasteiger partial charge in [-0.05, 0) is 12.2 Å². The van der Waals surface area contributed by atoms with Gasteiger partial charge in [-0.15, -0.1) is 0 Å². The van der Waals surface area contributed by atoms with Gasteiger partial charge in [-0.2, -0.15) is 0 Å². The fraction of sp³-hybridized carbons (Fsp3) is 0.409. The third-order valence-corrected chi connectivity index (χ3v) is 6.31. The van der Waals surface area contributed by atoms with Gasteiger partial charge in [0.25, 0.3) is 0 Å². The molecular weight excluding hydrogens is 488 g/mol. The standard InChI is InChI=1S/C22H20O14/c1-31-14-7(23)3-5-9-10-6(21(30)34-16(9)14)4-8(15(32-2)17(10)35-20(5)29)33-22-13(26)11(24)12(25)18(36-22)19(27)28/h3-4,11-13,16-18,22-26H,1-2H3,(H,27,28). The minimum atomic E-state index is -1.95. The van der Waals surface area contributed by atoms with Crippen molar-refractivity contribution < 1.29 is 68.3 Å². The topological polar surface area (TPSA) is 208 Å². The third kappa shape index (κ3) is 3.30. The molecular formula is C22H20O14. The molecule has 0 aromatic heterocycles. The Kier molecular flexibility index (Phi) is 5.55. The Morgan fingerprint density at radius 1 is 0.861 bits per heavy atom. The van der Waals surface area contributed by atoms with E-state index in [9.17, 15) is 39.9 Å². The lowest BCUT2D eigenvalue weighted by atomic mass is 9.78. The molecule has 36 heavy (non-hydrogen) atoms. The third-order valence-electron chi connectivity index (χ3n) is 6.31. The van der Waals surface area contributed by atoms with Crippen molar-refractivity contribution in [1.82, 2.24) is 0 Å². The van der Waals surface area contributed by atoms with Crippen LogP contribution in [0.15, 0.2) is 57.5 Å². The van der Waals surface area contributed by atoms with Gasteiger partial charge >= 0.3 is 17.9 Å². The summed E-state index contributed by atoms with van der Waals surface area (Å²) in [5.74, 6) is -4.36. The van der Waals surface area contributed by atoms with Crippen LogP contribution in [0.25, 0.3) is 0 Å². The molecule has 7 unspecified atom stereocenters. The van der Waals surface area contributed by atoms with Crippen LogP contribution in [0.2, 0.25) is 0 Å². The van der Waals surface area contributed by atoms with Gasteiger partial charge in [0, 0.05) is 11.1 Å². The Hall–Kier alpha value is -3.85. The Balaban J connectivity index is 1.59. The van der Waals surface area contributed by atoms with Gasteiger partial charge in [0.1, 0.15) is 18.3 Å². The molecule has 0 saturated carbocycles. The van der Waals surface area contributed by atoms with E-state index in [1.165, 1.54) is 14.2 Å². The Morgan fingerprint density at radius 2 is 1.42 bits per heavy atom. The second kappa shape index (κ2) is 8.37. The lowest BCUT2D eigenvalue weighted by molar-refractivity contribution is -0.284. The second-order valence-corrected chi connectivity index (χ2v) is 8.25. The summed E-state index contributed by atoms with van der Waals surface area (Å²) in [6, 6.07) is 0. The van der Waals surface area contributed by atoms with E-state index < -0.39 is 66.6 Å². The lowest BCUT2D eigenvalue weighted by Crippen LogP contribution is -2.60. The predicted molar refractivity (Wildman–Crippen MR) is 109 cm³/mol. The molecule has 5 N–H and O–H groups in total. The molecule has 3 heterocycles. The van der Waals surface area contributed by atoms with E-state index in [0.717, 1.165) is 12.2 Å². The molecule has 0 bridgehead atoms. The van der Waals surface area contributed by atoms with Gasteiger partial charge < -0.3 is 54.0 Å². The number of aliphatic hydroxyl groups excluding tert-OH is 4. The fourth-order valence-electron chi connectivity index (χ4n) is 4.64. The molecule has 0 aromatic carbocycles. The molecule has 1 fully saturated rings. The van der Waals surface area contributed by atoms with Crippen molar-refractivity contribution in [3.05, 3.63) is 57.5 Å². The van der Waals surface area contributed by atoms with Gasteiger partial charge in [0.05, 0.1) is 25.4 Å². The number of carboxylic acid groups (broad SMARTS) is 1. The molecule has 2 aliphatic carbocycles. The average molecular weight is 508 g/mol. The zero-order valence-electron chi connectivity index (χ0n) is 18.6. The highest BCUT2D eigenvalue weighted by Gasteiger charge is 2.53. The van der Waals surface area contributed by atoms with Crippen molar-refractivity contribution in [2.75, 3.05) is 14.2 Å². The van der Waals surface area contributed by atoms with Crippen molar-refractivity contribution in [3.8, 4) is 0 Å². The van der Waals surface area contributed by atoms with Crippen molar-refractivity contribution in [3.63, 3.8) is 0 Å². The van der Waals surface area contributed by atoms with Crippen LogP contribution in [-0.2, 0) is 42.8 Å². The maximum Gasteiger partial charge on any atom is 0.339 e. The van der Waals surface area contributed by atoms with E-state index in [1.807, 2.05) is 0 Å². The van der Waals surface area contributed by atoms with Crippen molar-refractivity contribution in [1.29, 1.82) is 0 Å². The van der Waals surface area contributed by atoms with Crippen LogP contribution in [0.1, 0.15) is 0 Å². The van der Waals surface area contributed by atoms with Crippen LogP contribution in [0, 0.1) is 0 Å². The highest BCUT2D eigenvalue weighted by molar-refractivity contribution is 6.04. The summed E-state index contributed by atoms with van der Waals surface area (Å²) in [4.78, 5) is 37.2. The highest BCUT2D eigenvalue weighted by atomic mass is 16.7. The fourth-order valence-corrected chi connectivity index (χ4v) is 4.64. The zero-order chi connectivity index (χ0) is 26.0. The summed E-state index contributed by atoms with van der Waals surface area (Å²) in [6.45, 7) is 0. The predicted octanol–water partition coefficient (Wildman–Crippen LogP) is -1.80. The summed E-state index contributed by atoms with van der Waals surface area (Å²) in [7, 11) is 2.47. The largest absolute Gasteiger partial charge is 0.504 e. The number of hydrogen-bond acceptors (Lipinski definition) is 13. The Morgan fingerprint density at radius 3 is 1.97 bits per heavy atom. The second-order valence-electron chi connectivity index (χ2n) is 8.25. The van der Waals surface area contributed by atoms with E-state index in [2.05, 4.69) is 0 Å². The molecule has 0 spiro atoms. The molecule has 14 nitrogen and oxygen atoms in total. The Labute approximate surface area is 201 Å². The average Bonchev–Trinajstić information content (AvgIpc) is 2.83. The summed E-state index contributed by atoms with van der Waals surface area (Å²) < 4.78 is 32.2. The van der Waals surface area contributed by atoms with Gasteiger partial charge in [-0.25, -0.2) is 14.4 Å². The number of carboxylic acids is 1. The highest BCUT2D eigenvalue weighted by Crippen LogP contribution is 2.48. The van der Waals surface area contributed by atoms with Crippen molar-refractivity contribution in [2.24, 2.45) is 0 Å². The molecule has 192 valence electrons. The molecule has 3 aliphatic heterocycles. The smallest absolute Gasteiger partial charge is 0.339 e. The number of aliphatic carboxylic acids is 1. The quantitative estimate of drug-likeness (QED) is 0.260. The number of carbonyl (C=O) groups excluding carboxylic acids is 2. The van der Waals surface area contributed by atoms with Gasteiger partial charge in [-0.1, -0.05) is 0 Å². The number of methoxy groups -OCH3 is 2. The molecule has 5 aliphatic rings. The van der Waals surface area contributed by atoms with E-state index in [0.29, 0.717) is 0 Å². The number of carbonyl (C=O) groups is 3. The summed E-state index contributed by atoms with van der Waals surface area (Å²) >= 11 is 0. The molecule has 0 amide bonds. The summed E-state index contributed by atoms with van der Waals surface area (Å²) in [5, 5.41) is 49.8. The first kappa shape index (κ1) is 23.9. The number of rotatable bonds is 5. The molecule has 0 radical (unpaired) electrons. The van der Waals surface area contributed by atoms with E-state index >= 15 is 0 Å². The molecule has 7 atom stereocenters. The summed E-state index contributed by atoms with van der Waals surface area (Å²) in [5.41, 5.74) is 0.231. The minimum absolute atomic E-state index is 0.0600.